The number of amides is 1. The van der Waals surface area contributed by atoms with E-state index in [0.717, 1.165) is 16.7 Å². The van der Waals surface area contributed by atoms with Crippen LogP contribution in [0.3, 0.4) is 0 Å². The standard InChI is InChI=1S/C23H18N4O2/c24-14-20(16-5-2-1-3-6-16)17-8-10-19(11-9-17)26-23(28)22-13-21(27-29-22)18-7-4-12-25-15-18/h1-13,15,20,22,27H,(H,26,28). The van der Waals surface area contributed by atoms with Gasteiger partial charge in [0.15, 0.2) is 6.10 Å². The Bertz CT molecular complexity index is 1060. The molecule has 2 aromatic carbocycles. The summed E-state index contributed by atoms with van der Waals surface area (Å²) in [5.74, 6) is -0.641. The highest BCUT2D eigenvalue weighted by Gasteiger charge is 2.25. The van der Waals surface area contributed by atoms with E-state index in [2.05, 4.69) is 21.9 Å². The molecule has 3 aromatic rings. The third-order valence-electron chi connectivity index (χ3n) is 4.62. The van der Waals surface area contributed by atoms with Crippen LogP contribution in [0.5, 0.6) is 0 Å². The Balaban J connectivity index is 1.43. The first-order valence-corrected chi connectivity index (χ1v) is 9.14. The van der Waals surface area contributed by atoms with Gasteiger partial charge in [-0.3, -0.25) is 20.1 Å². The lowest BCUT2D eigenvalue weighted by Gasteiger charge is -2.12. The number of anilines is 1. The molecule has 1 aromatic heterocycles. The van der Waals surface area contributed by atoms with Gasteiger partial charge in [-0.1, -0.05) is 42.5 Å². The van der Waals surface area contributed by atoms with Crippen molar-refractivity contribution in [2.24, 2.45) is 0 Å². The SMILES string of the molecule is N#CC(c1ccccc1)c1ccc(NC(=O)C2C=C(c3cccnc3)NO2)cc1. The van der Waals surface area contributed by atoms with Crippen LogP contribution in [0, 0.1) is 11.3 Å². The van der Waals surface area contributed by atoms with Gasteiger partial charge in [-0.05, 0) is 41.5 Å². The van der Waals surface area contributed by atoms with Crippen molar-refractivity contribution in [3.05, 3.63) is 102 Å². The predicted octanol–water partition coefficient (Wildman–Crippen LogP) is 3.62. The summed E-state index contributed by atoms with van der Waals surface area (Å²) in [5.41, 5.74) is 6.75. The summed E-state index contributed by atoms with van der Waals surface area (Å²) in [5, 5.41) is 12.4. The van der Waals surface area contributed by atoms with Gasteiger partial charge in [0.25, 0.3) is 5.91 Å². The van der Waals surface area contributed by atoms with Crippen molar-refractivity contribution < 1.29 is 9.63 Å². The highest BCUT2D eigenvalue weighted by Crippen LogP contribution is 2.25. The van der Waals surface area contributed by atoms with E-state index in [-0.39, 0.29) is 11.8 Å². The van der Waals surface area contributed by atoms with Crippen LogP contribution in [-0.4, -0.2) is 17.0 Å². The topological polar surface area (TPSA) is 87.0 Å². The van der Waals surface area contributed by atoms with Crippen LogP contribution in [-0.2, 0) is 9.63 Å². The molecule has 0 saturated heterocycles. The highest BCUT2D eigenvalue weighted by atomic mass is 16.7. The zero-order valence-corrected chi connectivity index (χ0v) is 15.4. The van der Waals surface area contributed by atoms with Crippen molar-refractivity contribution in [1.82, 2.24) is 10.5 Å². The Morgan fingerprint density at radius 2 is 1.83 bits per heavy atom. The number of benzene rings is 2. The van der Waals surface area contributed by atoms with Crippen molar-refractivity contribution >= 4 is 17.3 Å². The first kappa shape index (κ1) is 18.4. The molecule has 0 radical (unpaired) electrons. The van der Waals surface area contributed by atoms with Gasteiger partial charge in [-0.25, -0.2) is 0 Å². The number of carbonyl (C=O) groups excluding carboxylic acids is 1. The molecule has 4 rings (SSSR count). The molecule has 0 saturated carbocycles. The van der Waals surface area contributed by atoms with Gasteiger partial charge in [0, 0.05) is 23.6 Å². The van der Waals surface area contributed by atoms with E-state index >= 15 is 0 Å². The Kier molecular flexibility index (Phi) is 5.32. The molecule has 6 heteroatoms. The summed E-state index contributed by atoms with van der Waals surface area (Å²) in [4.78, 5) is 21.9. The Morgan fingerprint density at radius 3 is 2.52 bits per heavy atom. The van der Waals surface area contributed by atoms with Gasteiger partial charge in [-0.15, -0.1) is 0 Å². The number of hydrogen-bond acceptors (Lipinski definition) is 5. The molecule has 29 heavy (non-hydrogen) atoms. The third kappa shape index (κ3) is 4.15. The van der Waals surface area contributed by atoms with Crippen LogP contribution in [0.1, 0.15) is 22.6 Å². The average molecular weight is 382 g/mol. The second kappa shape index (κ2) is 8.38. The maximum atomic E-state index is 12.5. The molecular formula is C23H18N4O2. The fourth-order valence-electron chi connectivity index (χ4n) is 3.11. The number of nitriles is 1. The molecule has 1 aliphatic rings. The zero-order valence-electron chi connectivity index (χ0n) is 15.4. The molecule has 0 aliphatic carbocycles. The van der Waals surface area contributed by atoms with E-state index in [1.54, 1.807) is 30.6 Å². The summed E-state index contributed by atoms with van der Waals surface area (Å²) in [7, 11) is 0. The van der Waals surface area contributed by atoms with E-state index in [4.69, 9.17) is 4.84 Å². The van der Waals surface area contributed by atoms with Crippen LogP contribution >= 0.6 is 0 Å². The van der Waals surface area contributed by atoms with Crippen LogP contribution in [0.15, 0.2) is 85.2 Å². The number of hydroxylamine groups is 1. The molecule has 2 N–H and O–H groups in total. The Labute approximate surface area is 168 Å². The normalized spacial score (nSPS) is 16.2. The summed E-state index contributed by atoms with van der Waals surface area (Å²) < 4.78 is 0. The largest absolute Gasteiger partial charge is 0.323 e. The van der Waals surface area contributed by atoms with Crippen LogP contribution in [0.25, 0.3) is 5.70 Å². The molecule has 1 aliphatic heterocycles. The maximum absolute atomic E-state index is 12.5. The van der Waals surface area contributed by atoms with Gasteiger partial charge < -0.3 is 5.32 Å². The second-order valence-corrected chi connectivity index (χ2v) is 6.55. The summed E-state index contributed by atoms with van der Waals surface area (Å²) in [6, 6.07) is 22.9. The Morgan fingerprint density at radius 1 is 1.07 bits per heavy atom. The monoisotopic (exact) mass is 382 g/mol. The van der Waals surface area contributed by atoms with E-state index < -0.39 is 6.10 Å². The lowest BCUT2D eigenvalue weighted by molar-refractivity contribution is -0.125. The maximum Gasteiger partial charge on any atom is 0.260 e. The minimum absolute atomic E-state index is 0.288. The van der Waals surface area contributed by atoms with Gasteiger partial charge in [-0.2, -0.15) is 5.26 Å². The molecule has 1 amide bonds. The molecule has 2 unspecified atom stereocenters. The number of hydrogen-bond donors (Lipinski definition) is 2. The van der Waals surface area contributed by atoms with E-state index in [1.165, 1.54) is 0 Å². The van der Waals surface area contributed by atoms with Gasteiger partial charge in [0.05, 0.1) is 17.7 Å². The summed E-state index contributed by atoms with van der Waals surface area (Å²) >= 11 is 0. The van der Waals surface area contributed by atoms with Crippen LogP contribution in [0.2, 0.25) is 0 Å². The number of pyridine rings is 1. The van der Waals surface area contributed by atoms with Crippen molar-refractivity contribution in [3.8, 4) is 6.07 Å². The minimum atomic E-state index is -0.749. The third-order valence-corrected chi connectivity index (χ3v) is 4.62. The zero-order chi connectivity index (χ0) is 20.1. The Hall–Kier alpha value is -3.95. The fraction of sp³-hybridized carbons (Fsp3) is 0.0870. The molecule has 0 spiro atoms. The number of carbonyl (C=O) groups is 1. The molecule has 2 atom stereocenters. The average Bonchev–Trinajstić information content (AvgIpc) is 3.27. The molecule has 0 fully saturated rings. The van der Waals surface area contributed by atoms with Crippen molar-refractivity contribution in [1.29, 1.82) is 5.26 Å². The van der Waals surface area contributed by atoms with Crippen molar-refractivity contribution in [2.45, 2.75) is 12.0 Å². The number of rotatable bonds is 5. The summed E-state index contributed by atoms with van der Waals surface area (Å²) in [6.45, 7) is 0. The highest BCUT2D eigenvalue weighted by molar-refractivity contribution is 5.97. The predicted molar refractivity (Wildman–Crippen MR) is 109 cm³/mol. The first-order valence-electron chi connectivity index (χ1n) is 9.14. The molecular weight excluding hydrogens is 364 g/mol. The van der Waals surface area contributed by atoms with Crippen LogP contribution < -0.4 is 10.8 Å². The van der Waals surface area contributed by atoms with E-state index in [0.29, 0.717) is 11.4 Å². The van der Waals surface area contributed by atoms with E-state index in [1.807, 2.05) is 54.6 Å². The molecule has 6 nitrogen and oxygen atoms in total. The summed E-state index contributed by atoms with van der Waals surface area (Å²) in [6.07, 6.45) is 4.34. The van der Waals surface area contributed by atoms with Gasteiger partial charge in [0.2, 0.25) is 0 Å². The minimum Gasteiger partial charge on any atom is -0.323 e. The molecule has 142 valence electrons. The molecule has 0 bridgehead atoms. The number of nitrogens with zero attached hydrogens (tertiary/aromatic N) is 2. The quantitative estimate of drug-likeness (QED) is 0.704. The van der Waals surface area contributed by atoms with Gasteiger partial charge >= 0.3 is 0 Å². The smallest absolute Gasteiger partial charge is 0.260 e. The molecule has 2 heterocycles. The lowest BCUT2D eigenvalue weighted by atomic mass is 9.92. The number of aromatic nitrogens is 1. The number of nitrogens with one attached hydrogen (secondary N) is 2. The van der Waals surface area contributed by atoms with Crippen molar-refractivity contribution in [2.75, 3.05) is 5.32 Å². The fourth-order valence-corrected chi connectivity index (χ4v) is 3.11. The van der Waals surface area contributed by atoms with Crippen LogP contribution in [0.4, 0.5) is 5.69 Å². The van der Waals surface area contributed by atoms with Gasteiger partial charge in [0.1, 0.15) is 0 Å². The second-order valence-electron chi connectivity index (χ2n) is 6.55. The van der Waals surface area contributed by atoms with E-state index in [9.17, 15) is 10.1 Å². The first-order chi connectivity index (χ1) is 14.2. The van der Waals surface area contributed by atoms with Crippen molar-refractivity contribution in [3.63, 3.8) is 0 Å². The lowest BCUT2D eigenvalue weighted by Crippen LogP contribution is -2.28.